The minimum Gasteiger partial charge on any atom is -0.458 e. The van der Waals surface area contributed by atoms with Crippen LogP contribution < -0.4 is 0 Å². The fourth-order valence-corrected chi connectivity index (χ4v) is 1.82. The first-order chi connectivity index (χ1) is 6.97. The molecule has 0 heterocycles. The maximum Gasteiger partial charge on any atom is 0.293 e. The van der Waals surface area contributed by atoms with Crippen molar-refractivity contribution in [3.63, 3.8) is 0 Å². The molecule has 0 radical (unpaired) electrons. The summed E-state index contributed by atoms with van der Waals surface area (Å²) in [6.45, 7) is 6.89. The van der Waals surface area contributed by atoms with Crippen LogP contribution in [0.3, 0.4) is 0 Å². The van der Waals surface area contributed by atoms with E-state index in [2.05, 4.69) is 0 Å². The molecular formula is C10H18O5S. The van der Waals surface area contributed by atoms with Crippen LogP contribution in [0.4, 0.5) is 0 Å². The summed E-state index contributed by atoms with van der Waals surface area (Å²) in [6, 6.07) is 0. The van der Waals surface area contributed by atoms with Gasteiger partial charge in [-0.25, -0.2) is 0 Å². The molecule has 0 aromatic rings. The Bertz CT molecular complexity index is 365. The zero-order valence-electron chi connectivity index (χ0n) is 10.2. The fourth-order valence-electron chi connectivity index (χ4n) is 0.983. The van der Waals surface area contributed by atoms with E-state index in [1.165, 1.54) is 6.08 Å². The quantitative estimate of drug-likeness (QED) is 0.403. The molecule has 16 heavy (non-hydrogen) atoms. The van der Waals surface area contributed by atoms with Gasteiger partial charge in [0.15, 0.2) is 0 Å². The molecule has 94 valence electrons. The van der Waals surface area contributed by atoms with Crippen LogP contribution in [-0.4, -0.2) is 32.3 Å². The Labute approximate surface area is 96.6 Å². The lowest BCUT2D eigenvalue weighted by Gasteiger charge is -2.23. The summed E-state index contributed by atoms with van der Waals surface area (Å²) < 4.78 is 31.5. The summed E-state index contributed by atoms with van der Waals surface area (Å²) in [4.78, 5) is 10.2. The Hall–Kier alpha value is -0.880. The second kappa shape index (κ2) is 4.97. The van der Waals surface area contributed by atoms with Gasteiger partial charge in [0.05, 0.1) is 6.26 Å². The predicted octanol–water partition coefficient (Wildman–Crippen LogP) is 1.25. The number of rotatable bonds is 6. The van der Waals surface area contributed by atoms with Crippen LogP contribution in [0, 0.1) is 0 Å². The van der Waals surface area contributed by atoms with Crippen molar-refractivity contribution >= 4 is 16.6 Å². The van der Waals surface area contributed by atoms with Crippen molar-refractivity contribution in [3.8, 4) is 0 Å². The van der Waals surface area contributed by atoms with Gasteiger partial charge in [-0.15, -0.1) is 0 Å². The molecule has 5 nitrogen and oxygen atoms in total. The Morgan fingerprint density at radius 2 is 1.44 bits per heavy atom. The lowest BCUT2D eigenvalue weighted by atomic mass is 10.0. The minimum absolute atomic E-state index is 0.342. The van der Waals surface area contributed by atoms with Crippen LogP contribution in [0.5, 0.6) is 0 Å². The molecule has 0 bridgehead atoms. The summed E-state index contributed by atoms with van der Waals surface area (Å²) in [5, 5.41) is 0. The maximum atomic E-state index is 11.0. The van der Waals surface area contributed by atoms with Crippen molar-refractivity contribution in [1.82, 2.24) is 0 Å². The Morgan fingerprint density at radius 3 is 1.81 bits per heavy atom. The van der Waals surface area contributed by atoms with E-state index < -0.39 is 21.3 Å². The van der Waals surface area contributed by atoms with E-state index in [9.17, 15) is 13.2 Å². The minimum atomic E-state index is -3.52. The average molecular weight is 250 g/mol. The Morgan fingerprint density at radius 1 is 1.00 bits per heavy atom. The summed E-state index contributed by atoms with van der Waals surface area (Å²) in [6.07, 6.45) is 4.10. The molecule has 0 fully saturated rings. The van der Waals surface area contributed by atoms with E-state index in [0.29, 0.717) is 6.47 Å². The van der Waals surface area contributed by atoms with Gasteiger partial charge in [-0.3, -0.25) is 8.98 Å². The Balaban J connectivity index is 4.70. The third-order valence-electron chi connectivity index (χ3n) is 1.60. The van der Waals surface area contributed by atoms with E-state index in [1.54, 1.807) is 33.8 Å². The molecule has 0 aliphatic carbocycles. The van der Waals surface area contributed by atoms with Gasteiger partial charge >= 0.3 is 0 Å². The molecule has 0 N–H and O–H groups in total. The highest BCUT2D eigenvalue weighted by Crippen LogP contribution is 2.18. The van der Waals surface area contributed by atoms with Crippen molar-refractivity contribution in [3.05, 3.63) is 12.2 Å². The predicted molar refractivity (Wildman–Crippen MR) is 60.4 cm³/mol. The third kappa shape index (κ3) is 7.42. The molecule has 0 rings (SSSR count). The van der Waals surface area contributed by atoms with Crippen molar-refractivity contribution in [1.29, 1.82) is 0 Å². The van der Waals surface area contributed by atoms with E-state index >= 15 is 0 Å². The van der Waals surface area contributed by atoms with Crippen LogP contribution >= 0.6 is 0 Å². The van der Waals surface area contributed by atoms with Crippen LogP contribution in [0.1, 0.15) is 27.7 Å². The van der Waals surface area contributed by atoms with E-state index in [-0.39, 0.29) is 0 Å². The molecule has 0 amide bonds. The monoisotopic (exact) mass is 250 g/mol. The lowest BCUT2D eigenvalue weighted by molar-refractivity contribution is -0.136. The van der Waals surface area contributed by atoms with Gasteiger partial charge in [-0.05, 0) is 33.8 Å². The van der Waals surface area contributed by atoms with Gasteiger partial charge in [0.2, 0.25) is 0 Å². The van der Waals surface area contributed by atoms with Crippen LogP contribution in [0.25, 0.3) is 0 Å². The highest BCUT2D eigenvalue weighted by atomic mass is 32.2. The standard InChI is InChI=1S/C10H18O5S/c1-9(2,14-8-11)6-7-10(3,4)15-16(5,12)13/h6-8H,1-5H3/b7-6+. The third-order valence-corrected chi connectivity index (χ3v) is 2.34. The van der Waals surface area contributed by atoms with Gasteiger partial charge in [-0.2, -0.15) is 8.42 Å². The number of carbonyl (C=O) groups excluding carboxylic acids is 1. The molecule has 0 aliphatic heterocycles. The van der Waals surface area contributed by atoms with Crippen molar-refractivity contribution in [2.24, 2.45) is 0 Å². The molecular weight excluding hydrogens is 232 g/mol. The average Bonchev–Trinajstić information content (AvgIpc) is 1.97. The van der Waals surface area contributed by atoms with Crippen LogP contribution in [0.2, 0.25) is 0 Å². The molecule has 0 aliphatic rings. The fraction of sp³-hybridized carbons (Fsp3) is 0.700. The molecule has 0 atom stereocenters. The Kier molecular flexibility index (Phi) is 4.69. The molecule has 0 unspecified atom stereocenters. The van der Waals surface area contributed by atoms with Gasteiger partial charge in [0, 0.05) is 0 Å². The van der Waals surface area contributed by atoms with Crippen molar-refractivity contribution in [2.75, 3.05) is 6.26 Å². The van der Waals surface area contributed by atoms with E-state index in [1.807, 2.05) is 0 Å². The van der Waals surface area contributed by atoms with E-state index in [0.717, 1.165) is 6.26 Å². The summed E-state index contributed by atoms with van der Waals surface area (Å²) >= 11 is 0. The largest absolute Gasteiger partial charge is 0.458 e. The highest BCUT2D eigenvalue weighted by Gasteiger charge is 2.23. The highest BCUT2D eigenvalue weighted by molar-refractivity contribution is 7.86. The van der Waals surface area contributed by atoms with Crippen LogP contribution in [-0.2, 0) is 23.8 Å². The van der Waals surface area contributed by atoms with E-state index in [4.69, 9.17) is 8.92 Å². The first-order valence-electron chi connectivity index (χ1n) is 4.70. The topological polar surface area (TPSA) is 69.7 Å². The second-order valence-electron chi connectivity index (χ2n) is 4.54. The molecule has 0 aromatic carbocycles. The smallest absolute Gasteiger partial charge is 0.293 e. The first-order valence-corrected chi connectivity index (χ1v) is 6.52. The number of hydrogen-bond donors (Lipinski definition) is 0. The summed E-state index contributed by atoms with van der Waals surface area (Å²) in [5.74, 6) is 0. The lowest BCUT2D eigenvalue weighted by Crippen LogP contribution is -2.27. The number of hydrogen-bond acceptors (Lipinski definition) is 5. The first kappa shape index (κ1) is 15.1. The molecule has 0 saturated heterocycles. The molecule has 0 spiro atoms. The zero-order chi connectivity index (χ0) is 13.0. The number of carbonyl (C=O) groups is 1. The molecule has 0 saturated carbocycles. The molecule has 6 heteroatoms. The maximum absolute atomic E-state index is 11.0. The summed E-state index contributed by atoms with van der Waals surface area (Å²) in [7, 11) is -3.52. The number of ether oxygens (including phenoxy) is 1. The second-order valence-corrected chi connectivity index (χ2v) is 6.12. The zero-order valence-corrected chi connectivity index (χ0v) is 11.0. The summed E-state index contributed by atoms with van der Waals surface area (Å²) in [5.41, 5.74) is -1.77. The van der Waals surface area contributed by atoms with Gasteiger partial charge < -0.3 is 4.74 Å². The van der Waals surface area contributed by atoms with Crippen molar-refractivity contribution in [2.45, 2.75) is 38.9 Å². The SMILES string of the molecule is CC(C)(/C=C/C(C)(C)OS(C)(=O)=O)OC=O. The van der Waals surface area contributed by atoms with Crippen LogP contribution in [0.15, 0.2) is 12.2 Å². The van der Waals surface area contributed by atoms with Crippen molar-refractivity contribution < 1.29 is 22.1 Å². The normalized spacial score (nSPS) is 14.1. The van der Waals surface area contributed by atoms with Gasteiger partial charge in [-0.1, -0.05) is 6.08 Å². The van der Waals surface area contributed by atoms with Gasteiger partial charge in [0.25, 0.3) is 16.6 Å². The van der Waals surface area contributed by atoms with Gasteiger partial charge in [0.1, 0.15) is 11.2 Å². The molecule has 0 aromatic heterocycles.